The molecule has 0 unspecified atom stereocenters. The van der Waals surface area contributed by atoms with E-state index in [1.54, 1.807) is 0 Å². The van der Waals surface area contributed by atoms with Crippen LogP contribution in [0.4, 0.5) is 11.5 Å². The van der Waals surface area contributed by atoms with E-state index in [1.165, 1.54) is 45.5 Å². The first kappa shape index (κ1) is 17.3. The van der Waals surface area contributed by atoms with E-state index in [9.17, 15) is 0 Å². The van der Waals surface area contributed by atoms with Gasteiger partial charge in [-0.3, -0.25) is 0 Å². The second-order valence-corrected chi connectivity index (χ2v) is 8.97. The second kappa shape index (κ2) is 6.64. The van der Waals surface area contributed by atoms with Crippen LogP contribution in [0.25, 0.3) is 10.2 Å². The molecule has 2 aromatic heterocycles. The summed E-state index contributed by atoms with van der Waals surface area (Å²) in [5, 5.41) is 1.63. The van der Waals surface area contributed by atoms with Crippen molar-refractivity contribution < 1.29 is 0 Å². The number of benzene rings is 1. The standard InChI is InChI=1S/C21H23ClN4S/c1-13-5-3-7-16(14(13)2)25-9-11-26(12-10-25)19-18-15-6-4-8-17(15)27-20(18)24-21(22)23-19/h3,5,7H,4,6,8-12H2,1-2H3. The third-order valence-corrected chi connectivity index (χ3v) is 7.37. The van der Waals surface area contributed by atoms with Gasteiger partial charge < -0.3 is 9.80 Å². The van der Waals surface area contributed by atoms with Crippen molar-refractivity contribution in [3.8, 4) is 0 Å². The van der Waals surface area contributed by atoms with Crippen molar-refractivity contribution in [2.24, 2.45) is 0 Å². The van der Waals surface area contributed by atoms with Crippen molar-refractivity contribution in [2.45, 2.75) is 33.1 Å². The zero-order valence-corrected chi connectivity index (χ0v) is 17.3. The van der Waals surface area contributed by atoms with E-state index in [4.69, 9.17) is 11.6 Å². The van der Waals surface area contributed by atoms with Gasteiger partial charge in [0, 0.05) is 36.7 Å². The van der Waals surface area contributed by atoms with Crippen molar-refractivity contribution in [1.82, 2.24) is 9.97 Å². The molecule has 3 heterocycles. The molecule has 6 heteroatoms. The van der Waals surface area contributed by atoms with Crippen LogP contribution >= 0.6 is 22.9 Å². The van der Waals surface area contributed by atoms with E-state index in [-0.39, 0.29) is 0 Å². The van der Waals surface area contributed by atoms with Crippen molar-refractivity contribution in [3.05, 3.63) is 45.1 Å². The first-order valence-corrected chi connectivity index (χ1v) is 10.8. The SMILES string of the molecule is Cc1cccc(N2CCN(c3nc(Cl)nc4sc5c(c34)CCC5)CC2)c1C. The molecule has 0 spiro atoms. The fraction of sp³-hybridized carbons (Fsp3) is 0.429. The van der Waals surface area contributed by atoms with E-state index in [0.29, 0.717) is 5.28 Å². The maximum Gasteiger partial charge on any atom is 0.225 e. The summed E-state index contributed by atoms with van der Waals surface area (Å²) >= 11 is 8.08. The predicted octanol–water partition coefficient (Wildman–Crippen LogP) is 4.78. The number of halogens is 1. The Kier molecular flexibility index (Phi) is 4.25. The number of nitrogens with zero attached hydrogens (tertiary/aromatic N) is 4. The van der Waals surface area contributed by atoms with Gasteiger partial charge in [-0.2, -0.15) is 4.98 Å². The number of piperazine rings is 1. The minimum atomic E-state index is 0.370. The molecule has 27 heavy (non-hydrogen) atoms. The molecule has 0 radical (unpaired) electrons. The summed E-state index contributed by atoms with van der Waals surface area (Å²) in [5.74, 6) is 1.05. The van der Waals surface area contributed by atoms with Gasteiger partial charge in [-0.05, 0) is 67.5 Å². The minimum absolute atomic E-state index is 0.370. The zero-order chi connectivity index (χ0) is 18.5. The maximum atomic E-state index is 6.28. The molecule has 140 valence electrons. The molecule has 3 aromatic rings. The van der Waals surface area contributed by atoms with Crippen molar-refractivity contribution in [1.29, 1.82) is 0 Å². The number of aryl methyl sites for hydroxylation is 3. The van der Waals surface area contributed by atoms with Crippen LogP contribution in [0.3, 0.4) is 0 Å². The highest BCUT2D eigenvalue weighted by Crippen LogP contribution is 2.41. The van der Waals surface area contributed by atoms with Crippen LogP contribution in [0.1, 0.15) is 28.0 Å². The van der Waals surface area contributed by atoms with Gasteiger partial charge in [0.25, 0.3) is 0 Å². The van der Waals surface area contributed by atoms with Crippen molar-refractivity contribution in [2.75, 3.05) is 36.0 Å². The number of anilines is 2. The molecule has 1 fully saturated rings. The summed E-state index contributed by atoms with van der Waals surface area (Å²) in [7, 11) is 0. The average molecular weight is 399 g/mol. The largest absolute Gasteiger partial charge is 0.368 e. The Morgan fingerprint density at radius 3 is 2.59 bits per heavy atom. The van der Waals surface area contributed by atoms with E-state index >= 15 is 0 Å². The van der Waals surface area contributed by atoms with Gasteiger partial charge >= 0.3 is 0 Å². The fourth-order valence-corrected chi connectivity index (χ4v) is 5.89. The molecule has 5 rings (SSSR count). The minimum Gasteiger partial charge on any atom is -0.368 e. The first-order valence-electron chi connectivity index (χ1n) is 9.65. The lowest BCUT2D eigenvalue weighted by Crippen LogP contribution is -2.47. The van der Waals surface area contributed by atoms with Crippen LogP contribution in [0.15, 0.2) is 18.2 Å². The third-order valence-electron chi connectivity index (χ3n) is 6.01. The topological polar surface area (TPSA) is 32.3 Å². The van der Waals surface area contributed by atoms with Gasteiger partial charge in [0.1, 0.15) is 10.6 Å². The van der Waals surface area contributed by atoms with E-state index in [1.807, 2.05) is 11.3 Å². The summed E-state index contributed by atoms with van der Waals surface area (Å²) in [4.78, 5) is 16.6. The molecule has 2 aliphatic rings. The Hall–Kier alpha value is -1.85. The number of hydrogen-bond donors (Lipinski definition) is 0. The van der Waals surface area contributed by atoms with Crippen LogP contribution in [0.5, 0.6) is 0 Å². The lowest BCUT2D eigenvalue weighted by Gasteiger charge is -2.38. The van der Waals surface area contributed by atoms with Crippen LogP contribution in [0, 0.1) is 13.8 Å². The van der Waals surface area contributed by atoms with Gasteiger partial charge in [-0.15, -0.1) is 11.3 Å². The van der Waals surface area contributed by atoms with Crippen molar-refractivity contribution in [3.63, 3.8) is 0 Å². The van der Waals surface area contributed by atoms with E-state index in [0.717, 1.165) is 43.2 Å². The summed E-state index contributed by atoms with van der Waals surface area (Å²) in [6, 6.07) is 6.59. The number of thiophene rings is 1. The molecule has 1 aliphatic heterocycles. The average Bonchev–Trinajstić information content (AvgIpc) is 3.24. The van der Waals surface area contributed by atoms with Gasteiger partial charge in [0.15, 0.2) is 0 Å². The highest BCUT2D eigenvalue weighted by Gasteiger charge is 2.27. The Labute approximate surface area is 168 Å². The smallest absolute Gasteiger partial charge is 0.225 e. The molecular weight excluding hydrogens is 376 g/mol. The monoisotopic (exact) mass is 398 g/mol. The van der Waals surface area contributed by atoms with Crippen LogP contribution in [0.2, 0.25) is 5.28 Å². The van der Waals surface area contributed by atoms with Gasteiger partial charge in [-0.1, -0.05) is 12.1 Å². The lowest BCUT2D eigenvalue weighted by molar-refractivity contribution is 0.647. The zero-order valence-electron chi connectivity index (χ0n) is 15.8. The lowest BCUT2D eigenvalue weighted by atomic mass is 10.1. The normalized spacial score (nSPS) is 17.0. The molecule has 0 bridgehead atoms. The molecule has 1 aromatic carbocycles. The fourth-order valence-electron chi connectivity index (χ4n) is 4.42. The van der Waals surface area contributed by atoms with Gasteiger partial charge in [0.05, 0.1) is 5.39 Å². The van der Waals surface area contributed by atoms with Crippen molar-refractivity contribution >= 4 is 44.7 Å². The molecule has 1 aliphatic carbocycles. The molecular formula is C21H23ClN4S. The highest BCUT2D eigenvalue weighted by atomic mass is 35.5. The van der Waals surface area contributed by atoms with Crippen LogP contribution < -0.4 is 9.80 Å². The quantitative estimate of drug-likeness (QED) is 0.581. The molecule has 0 atom stereocenters. The number of aromatic nitrogens is 2. The Morgan fingerprint density at radius 2 is 1.78 bits per heavy atom. The van der Waals surface area contributed by atoms with Crippen LogP contribution in [-0.2, 0) is 12.8 Å². The molecule has 1 saturated heterocycles. The number of fused-ring (bicyclic) bond motifs is 3. The Bertz CT molecular complexity index is 1020. The highest BCUT2D eigenvalue weighted by molar-refractivity contribution is 7.19. The van der Waals surface area contributed by atoms with Crippen LogP contribution in [-0.4, -0.2) is 36.1 Å². The molecule has 0 amide bonds. The van der Waals surface area contributed by atoms with E-state index in [2.05, 4.69) is 51.8 Å². The summed E-state index contributed by atoms with van der Waals surface area (Å²) in [6.45, 7) is 8.33. The summed E-state index contributed by atoms with van der Waals surface area (Å²) in [6.07, 6.45) is 3.57. The molecule has 0 saturated carbocycles. The predicted molar refractivity (Wildman–Crippen MR) is 115 cm³/mol. The summed E-state index contributed by atoms with van der Waals surface area (Å²) in [5.41, 5.74) is 5.57. The second-order valence-electron chi connectivity index (χ2n) is 7.55. The Balaban J connectivity index is 1.45. The third kappa shape index (κ3) is 2.88. The number of hydrogen-bond acceptors (Lipinski definition) is 5. The maximum absolute atomic E-state index is 6.28. The molecule has 4 nitrogen and oxygen atoms in total. The summed E-state index contributed by atoms with van der Waals surface area (Å²) < 4.78 is 0. The van der Waals surface area contributed by atoms with Gasteiger partial charge in [-0.25, -0.2) is 4.98 Å². The Morgan fingerprint density at radius 1 is 1.00 bits per heavy atom. The van der Waals surface area contributed by atoms with Gasteiger partial charge in [0.2, 0.25) is 5.28 Å². The number of rotatable bonds is 2. The van der Waals surface area contributed by atoms with E-state index < -0.39 is 0 Å². The first-order chi connectivity index (χ1) is 13.1. The molecule has 0 N–H and O–H groups in total.